The third-order valence-electron chi connectivity index (χ3n) is 3.91. The molecule has 1 N–H and O–H groups in total. The highest BCUT2D eigenvalue weighted by molar-refractivity contribution is 5.95. The second kappa shape index (κ2) is 8.57. The number of ether oxygens (including phenoxy) is 1. The fraction of sp³-hybridized carbons (Fsp3) is 0.263. The molecule has 0 unspecified atom stereocenters. The van der Waals surface area contributed by atoms with Crippen LogP contribution < -0.4 is 15.0 Å². The van der Waals surface area contributed by atoms with E-state index in [1.807, 2.05) is 13.0 Å². The van der Waals surface area contributed by atoms with Gasteiger partial charge in [0.15, 0.2) is 17.5 Å². The fourth-order valence-electron chi connectivity index (χ4n) is 2.54. The molecular formula is C19H19F3N2O3. The first-order valence-corrected chi connectivity index (χ1v) is 8.10. The van der Waals surface area contributed by atoms with Crippen LogP contribution in [0, 0.1) is 24.4 Å². The van der Waals surface area contributed by atoms with Crippen LogP contribution in [0.15, 0.2) is 30.3 Å². The van der Waals surface area contributed by atoms with Crippen LogP contribution in [0.1, 0.15) is 22.8 Å². The minimum Gasteiger partial charge on any atom is -0.495 e. The van der Waals surface area contributed by atoms with Crippen molar-refractivity contribution in [2.45, 2.75) is 13.8 Å². The van der Waals surface area contributed by atoms with Crippen LogP contribution in [-0.2, 0) is 4.79 Å². The highest BCUT2D eigenvalue weighted by Gasteiger charge is 2.20. The maximum absolute atomic E-state index is 13.7. The van der Waals surface area contributed by atoms with Gasteiger partial charge in [0.1, 0.15) is 5.75 Å². The van der Waals surface area contributed by atoms with Crippen molar-refractivity contribution in [1.82, 2.24) is 5.32 Å². The van der Waals surface area contributed by atoms with Gasteiger partial charge >= 0.3 is 0 Å². The van der Waals surface area contributed by atoms with Gasteiger partial charge in [0.2, 0.25) is 5.91 Å². The number of hydrogen-bond acceptors (Lipinski definition) is 3. The summed E-state index contributed by atoms with van der Waals surface area (Å²) < 4.78 is 45.2. The standard InChI is InChI=1S/C19H19F3N2O3/c1-11-4-7-16(27-3)15(10-11)24(12(2)25)9-8-23-19(26)13-5-6-14(20)18(22)17(13)21/h4-7,10H,8-9H2,1-3H3,(H,23,26). The van der Waals surface area contributed by atoms with E-state index in [2.05, 4.69) is 5.32 Å². The molecule has 2 rings (SSSR count). The van der Waals surface area contributed by atoms with Gasteiger partial charge in [-0.3, -0.25) is 9.59 Å². The molecule has 27 heavy (non-hydrogen) atoms. The first kappa shape index (κ1) is 20.3. The Morgan fingerprint density at radius 2 is 1.81 bits per heavy atom. The molecule has 0 fully saturated rings. The Hall–Kier alpha value is -3.03. The van der Waals surface area contributed by atoms with E-state index in [-0.39, 0.29) is 19.0 Å². The molecule has 5 nitrogen and oxygen atoms in total. The van der Waals surface area contributed by atoms with Crippen LogP contribution in [0.25, 0.3) is 0 Å². The molecule has 0 heterocycles. The average molecular weight is 380 g/mol. The molecule has 0 radical (unpaired) electrons. The Labute approximate surface area is 154 Å². The summed E-state index contributed by atoms with van der Waals surface area (Å²) in [4.78, 5) is 25.4. The molecule has 0 atom stereocenters. The Morgan fingerprint density at radius 1 is 1.11 bits per heavy atom. The van der Waals surface area contributed by atoms with Gasteiger partial charge in [-0.1, -0.05) is 6.07 Å². The number of nitrogens with one attached hydrogen (secondary N) is 1. The molecule has 2 aromatic carbocycles. The SMILES string of the molecule is COc1ccc(C)cc1N(CCNC(=O)c1ccc(F)c(F)c1F)C(C)=O. The third-order valence-corrected chi connectivity index (χ3v) is 3.91. The van der Waals surface area contributed by atoms with E-state index in [9.17, 15) is 22.8 Å². The number of aryl methyl sites for hydroxylation is 1. The summed E-state index contributed by atoms with van der Waals surface area (Å²) in [5, 5.41) is 2.39. The van der Waals surface area contributed by atoms with Gasteiger partial charge in [0.05, 0.1) is 18.4 Å². The Kier molecular flexibility index (Phi) is 6.44. The van der Waals surface area contributed by atoms with Gasteiger partial charge in [-0.2, -0.15) is 0 Å². The summed E-state index contributed by atoms with van der Waals surface area (Å²) in [6.07, 6.45) is 0. The second-order valence-corrected chi connectivity index (χ2v) is 5.82. The van der Waals surface area contributed by atoms with Gasteiger partial charge in [0, 0.05) is 20.0 Å². The van der Waals surface area contributed by atoms with Crippen molar-refractivity contribution in [2.24, 2.45) is 0 Å². The number of methoxy groups -OCH3 is 1. The molecule has 0 bridgehead atoms. The first-order valence-electron chi connectivity index (χ1n) is 8.10. The van der Waals surface area contributed by atoms with Crippen LogP contribution in [0.5, 0.6) is 5.75 Å². The molecule has 0 saturated carbocycles. The summed E-state index contributed by atoms with van der Waals surface area (Å²) in [7, 11) is 1.47. The van der Waals surface area contributed by atoms with Crippen molar-refractivity contribution < 1.29 is 27.5 Å². The average Bonchev–Trinajstić information content (AvgIpc) is 2.63. The molecular weight excluding hydrogens is 361 g/mol. The van der Waals surface area contributed by atoms with Crippen molar-refractivity contribution in [3.8, 4) is 5.75 Å². The van der Waals surface area contributed by atoms with Crippen LogP contribution in [0.2, 0.25) is 0 Å². The van der Waals surface area contributed by atoms with Crippen molar-refractivity contribution in [3.05, 3.63) is 58.9 Å². The Morgan fingerprint density at radius 3 is 2.44 bits per heavy atom. The number of nitrogens with zero attached hydrogens (tertiary/aromatic N) is 1. The molecule has 2 aromatic rings. The minimum atomic E-state index is -1.71. The highest BCUT2D eigenvalue weighted by Crippen LogP contribution is 2.29. The monoisotopic (exact) mass is 380 g/mol. The molecule has 8 heteroatoms. The molecule has 2 amide bonds. The van der Waals surface area contributed by atoms with Crippen LogP contribution in [0.3, 0.4) is 0 Å². The zero-order chi connectivity index (χ0) is 20.1. The quantitative estimate of drug-likeness (QED) is 0.783. The largest absolute Gasteiger partial charge is 0.495 e. The molecule has 0 aliphatic carbocycles. The molecule has 0 saturated heterocycles. The van der Waals surface area contributed by atoms with Crippen molar-refractivity contribution in [3.63, 3.8) is 0 Å². The maximum Gasteiger partial charge on any atom is 0.254 e. The lowest BCUT2D eigenvalue weighted by Gasteiger charge is -2.24. The number of anilines is 1. The number of hydrogen-bond donors (Lipinski definition) is 1. The summed E-state index contributed by atoms with van der Waals surface area (Å²) in [5.41, 5.74) is 0.819. The lowest BCUT2D eigenvalue weighted by atomic mass is 10.1. The van der Waals surface area contributed by atoms with Gasteiger partial charge in [-0.05, 0) is 36.8 Å². The van der Waals surface area contributed by atoms with E-state index in [0.29, 0.717) is 17.5 Å². The number of carbonyl (C=O) groups excluding carboxylic acids is 2. The van der Waals surface area contributed by atoms with E-state index >= 15 is 0 Å². The van der Waals surface area contributed by atoms with Crippen molar-refractivity contribution in [1.29, 1.82) is 0 Å². The number of rotatable bonds is 6. The number of benzene rings is 2. The van der Waals surface area contributed by atoms with Crippen LogP contribution >= 0.6 is 0 Å². The predicted octanol–water partition coefficient (Wildman–Crippen LogP) is 3.20. The van der Waals surface area contributed by atoms with Gasteiger partial charge < -0.3 is 15.0 Å². The Balaban J connectivity index is 2.12. The summed E-state index contributed by atoms with van der Waals surface area (Å²) in [6, 6.07) is 6.84. The zero-order valence-electron chi connectivity index (χ0n) is 15.1. The first-order chi connectivity index (χ1) is 12.8. The van der Waals surface area contributed by atoms with Gasteiger partial charge in [0.25, 0.3) is 5.91 Å². The molecule has 144 valence electrons. The summed E-state index contributed by atoms with van der Waals surface area (Å²) in [6.45, 7) is 3.26. The molecule has 0 spiro atoms. The fourth-order valence-corrected chi connectivity index (χ4v) is 2.54. The normalized spacial score (nSPS) is 10.4. The molecule has 0 aliphatic heterocycles. The van der Waals surface area contributed by atoms with Crippen molar-refractivity contribution in [2.75, 3.05) is 25.1 Å². The number of carbonyl (C=O) groups is 2. The van der Waals surface area contributed by atoms with Crippen molar-refractivity contribution >= 4 is 17.5 Å². The third kappa shape index (κ3) is 4.58. The van der Waals surface area contributed by atoms with Gasteiger partial charge in [-0.15, -0.1) is 0 Å². The van der Waals surface area contributed by atoms with E-state index in [1.165, 1.54) is 18.9 Å². The van der Waals surface area contributed by atoms with E-state index in [0.717, 1.165) is 11.6 Å². The maximum atomic E-state index is 13.7. The Bertz CT molecular complexity index is 872. The zero-order valence-corrected chi connectivity index (χ0v) is 15.1. The molecule has 0 aliphatic rings. The van der Waals surface area contributed by atoms with Crippen LogP contribution in [0.4, 0.5) is 18.9 Å². The van der Waals surface area contributed by atoms with Crippen LogP contribution in [-0.4, -0.2) is 32.0 Å². The van der Waals surface area contributed by atoms with Gasteiger partial charge in [-0.25, -0.2) is 13.2 Å². The summed E-state index contributed by atoms with van der Waals surface area (Å²) >= 11 is 0. The van der Waals surface area contributed by atoms with E-state index in [4.69, 9.17) is 4.74 Å². The molecule has 0 aromatic heterocycles. The lowest BCUT2D eigenvalue weighted by molar-refractivity contribution is -0.116. The highest BCUT2D eigenvalue weighted by atomic mass is 19.2. The smallest absolute Gasteiger partial charge is 0.254 e. The summed E-state index contributed by atoms with van der Waals surface area (Å²) in [5.74, 6) is -5.36. The van der Waals surface area contributed by atoms with E-state index in [1.54, 1.807) is 12.1 Å². The topological polar surface area (TPSA) is 58.6 Å². The second-order valence-electron chi connectivity index (χ2n) is 5.82. The number of amides is 2. The number of halogens is 3. The lowest BCUT2D eigenvalue weighted by Crippen LogP contribution is -2.38. The minimum absolute atomic E-state index is 0.0338. The predicted molar refractivity (Wildman–Crippen MR) is 94.4 cm³/mol. The van der Waals surface area contributed by atoms with E-state index < -0.39 is 28.9 Å².